The van der Waals surface area contributed by atoms with Crippen LogP contribution in [-0.4, -0.2) is 20.7 Å². The van der Waals surface area contributed by atoms with Crippen LogP contribution < -0.4 is 5.11 Å². The molecule has 0 aromatic carbocycles. The number of hydrogen-bond donors (Lipinski definition) is 1. The minimum atomic E-state index is -1.19. The third-order valence-electron chi connectivity index (χ3n) is 1.79. The molecule has 0 aliphatic heterocycles. The van der Waals surface area contributed by atoms with Crippen molar-refractivity contribution in [2.24, 2.45) is 0 Å². The van der Waals surface area contributed by atoms with Gasteiger partial charge in [0.2, 0.25) is 0 Å². The molecule has 0 spiro atoms. The van der Waals surface area contributed by atoms with Crippen molar-refractivity contribution in [3.05, 3.63) is 22.3 Å². The van der Waals surface area contributed by atoms with Gasteiger partial charge in [0.05, 0.1) is 17.4 Å². The van der Waals surface area contributed by atoms with Gasteiger partial charge in [0.15, 0.2) is 10.6 Å². The first kappa shape index (κ1) is 10.1. The van der Waals surface area contributed by atoms with Gasteiger partial charge in [-0.2, -0.15) is 5.10 Å². The molecule has 0 atom stereocenters. The molecule has 0 radical (unpaired) electrons. The molecule has 1 N–H and O–H groups in total. The lowest BCUT2D eigenvalue weighted by Gasteiger charge is -2.05. The molecule has 15 heavy (non-hydrogen) atoms. The SMILES string of the molecule is O=C([O-])Cn1c(-c2cccs2)n[nH]c1=S. The Balaban J connectivity index is 2.49. The van der Waals surface area contributed by atoms with Crippen molar-refractivity contribution in [1.29, 1.82) is 0 Å². The number of aromatic nitrogens is 3. The Kier molecular flexibility index (Phi) is 2.65. The van der Waals surface area contributed by atoms with Crippen LogP contribution in [0.25, 0.3) is 10.7 Å². The Hall–Kier alpha value is -1.47. The first-order valence-corrected chi connectivity index (χ1v) is 5.36. The average Bonchev–Trinajstić information content (AvgIpc) is 2.76. The van der Waals surface area contributed by atoms with E-state index in [4.69, 9.17) is 12.2 Å². The molecule has 0 saturated carbocycles. The Morgan fingerprint density at radius 2 is 2.53 bits per heavy atom. The zero-order valence-electron chi connectivity index (χ0n) is 7.47. The molecule has 0 aliphatic rings. The summed E-state index contributed by atoms with van der Waals surface area (Å²) >= 11 is 6.39. The van der Waals surface area contributed by atoms with E-state index in [-0.39, 0.29) is 11.3 Å². The van der Waals surface area contributed by atoms with Gasteiger partial charge in [0, 0.05) is 0 Å². The number of H-pyrrole nitrogens is 1. The number of carbonyl (C=O) groups is 1. The Labute approximate surface area is 94.0 Å². The number of carboxylic acids is 1. The van der Waals surface area contributed by atoms with E-state index in [1.807, 2.05) is 17.5 Å². The standard InChI is InChI=1S/C8H7N3O2S2/c12-6(13)4-11-7(9-10-8(11)14)5-2-1-3-15-5/h1-3H,4H2,(H,10,14)(H,12,13)/p-1. The van der Waals surface area contributed by atoms with Gasteiger partial charge in [0.25, 0.3) is 0 Å². The van der Waals surface area contributed by atoms with E-state index in [1.165, 1.54) is 15.9 Å². The molecular weight excluding hydrogens is 234 g/mol. The lowest BCUT2D eigenvalue weighted by molar-refractivity contribution is -0.306. The van der Waals surface area contributed by atoms with Crippen molar-refractivity contribution in [3.63, 3.8) is 0 Å². The number of carbonyl (C=O) groups excluding carboxylic acids is 1. The summed E-state index contributed by atoms with van der Waals surface area (Å²) in [5, 5.41) is 18.9. The number of carboxylic acid groups (broad SMARTS) is 1. The van der Waals surface area contributed by atoms with E-state index in [1.54, 1.807) is 0 Å². The predicted octanol–water partition coefficient (Wildman–Crippen LogP) is 0.419. The summed E-state index contributed by atoms with van der Waals surface area (Å²) in [7, 11) is 0. The molecule has 0 amide bonds. The van der Waals surface area contributed by atoms with Crippen molar-refractivity contribution in [3.8, 4) is 10.7 Å². The van der Waals surface area contributed by atoms with Gasteiger partial charge in [-0.1, -0.05) is 6.07 Å². The Bertz CT molecular complexity index is 526. The highest BCUT2D eigenvalue weighted by atomic mass is 32.1. The summed E-state index contributed by atoms with van der Waals surface area (Å²) in [4.78, 5) is 11.4. The van der Waals surface area contributed by atoms with Crippen LogP contribution in [0.4, 0.5) is 0 Å². The number of aliphatic carboxylic acids is 1. The second kappa shape index (κ2) is 3.95. The average molecular weight is 240 g/mol. The predicted molar refractivity (Wildman–Crippen MR) is 55.7 cm³/mol. The molecule has 2 aromatic heterocycles. The number of rotatable bonds is 3. The Morgan fingerprint density at radius 3 is 3.13 bits per heavy atom. The zero-order chi connectivity index (χ0) is 10.8. The lowest BCUT2D eigenvalue weighted by Crippen LogP contribution is -2.27. The first-order chi connectivity index (χ1) is 7.18. The molecule has 0 fully saturated rings. The van der Waals surface area contributed by atoms with Crippen molar-refractivity contribution in [2.75, 3.05) is 0 Å². The molecule has 2 heterocycles. The van der Waals surface area contributed by atoms with Crippen molar-refractivity contribution in [2.45, 2.75) is 6.54 Å². The van der Waals surface area contributed by atoms with Gasteiger partial charge in [0.1, 0.15) is 0 Å². The number of aromatic amines is 1. The Morgan fingerprint density at radius 1 is 1.73 bits per heavy atom. The second-order valence-corrected chi connectivity index (χ2v) is 4.12. The summed E-state index contributed by atoms with van der Waals surface area (Å²) in [5.74, 6) is -0.662. The van der Waals surface area contributed by atoms with Crippen LogP contribution in [0, 0.1) is 4.77 Å². The summed E-state index contributed by atoms with van der Waals surface area (Å²) in [6, 6.07) is 3.71. The maximum Gasteiger partial charge on any atom is 0.195 e. The largest absolute Gasteiger partial charge is 0.548 e. The van der Waals surface area contributed by atoms with Gasteiger partial charge in [-0.05, 0) is 23.7 Å². The minimum absolute atomic E-state index is 0.280. The smallest absolute Gasteiger partial charge is 0.195 e. The topological polar surface area (TPSA) is 73.7 Å². The third-order valence-corrected chi connectivity index (χ3v) is 2.96. The molecule has 5 nitrogen and oxygen atoms in total. The zero-order valence-corrected chi connectivity index (χ0v) is 9.10. The fourth-order valence-corrected chi connectivity index (χ4v) is 2.11. The molecule has 0 unspecified atom stereocenters. The lowest BCUT2D eigenvalue weighted by atomic mass is 10.4. The van der Waals surface area contributed by atoms with E-state index >= 15 is 0 Å². The highest BCUT2D eigenvalue weighted by Gasteiger charge is 2.09. The van der Waals surface area contributed by atoms with Crippen molar-refractivity contribution >= 4 is 29.5 Å². The van der Waals surface area contributed by atoms with Crippen molar-refractivity contribution in [1.82, 2.24) is 14.8 Å². The first-order valence-electron chi connectivity index (χ1n) is 4.07. The van der Waals surface area contributed by atoms with Gasteiger partial charge in [-0.3, -0.25) is 9.67 Å². The summed E-state index contributed by atoms with van der Waals surface area (Å²) < 4.78 is 1.68. The maximum atomic E-state index is 10.5. The van der Waals surface area contributed by atoms with E-state index in [2.05, 4.69) is 10.2 Å². The molecule has 78 valence electrons. The summed E-state index contributed by atoms with van der Waals surface area (Å²) in [5.41, 5.74) is 0. The van der Waals surface area contributed by atoms with Crippen LogP contribution >= 0.6 is 23.6 Å². The molecule has 7 heteroatoms. The van der Waals surface area contributed by atoms with Crippen LogP contribution in [-0.2, 0) is 11.3 Å². The van der Waals surface area contributed by atoms with Crippen LogP contribution in [0.5, 0.6) is 0 Å². The quantitative estimate of drug-likeness (QED) is 0.789. The molecule has 0 bridgehead atoms. The summed E-state index contributed by atoms with van der Waals surface area (Å²) in [6.07, 6.45) is 0. The van der Waals surface area contributed by atoms with Gasteiger partial charge in [-0.25, -0.2) is 0 Å². The highest BCUT2D eigenvalue weighted by Crippen LogP contribution is 2.22. The van der Waals surface area contributed by atoms with Gasteiger partial charge < -0.3 is 9.90 Å². The molecule has 2 aromatic rings. The minimum Gasteiger partial charge on any atom is -0.548 e. The number of thiophene rings is 1. The van der Waals surface area contributed by atoms with E-state index in [0.717, 1.165) is 4.88 Å². The third kappa shape index (κ3) is 1.97. The highest BCUT2D eigenvalue weighted by molar-refractivity contribution is 7.71. The normalized spacial score (nSPS) is 10.4. The maximum absolute atomic E-state index is 10.5. The van der Waals surface area contributed by atoms with E-state index in [9.17, 15) is 9.90 Å². The van der Waals surface area contributed by atoms with Crippen LogP contribution in [0.1, 0.15) is 0 Å². The number of nitrogens with zero attached hydrogens (tertiary/aromatic N) is 2. The van der Waals surface area contributed by atoms with Crippen LogP contribution in [0.3, 0.4) is 0 Å². The van der Waals surface area contributed by atoms with Gasteiger partial charge in [-0.15, -0.1) is 11.3 Å². The summed E-state index contributed by atoms with van der Waals surface area (Å²) in [6.45, 7) is -0.289. The van der Waals surface area contributed by atoms with E-state index < -0.39 is 5.97 Å². The fraction of sp³-hybridized carbons (Fsp3) is 0.125. The molecule has 0 saturated heterocycles. The van der Waals surface area contributed by atoms with Crippen LogP contribution in [0.2, 0.25) is 0 Å². The monoisotopic (exact) mass is 240 g/mol. The fourth-order valence-electron chi connectivity index (χ4n) is 1.19. The number of hydrogen-bond acceptors (Lipinski definition) is 5. The molecular formula is C8H6N3O2S2-. The molecule has 0 aliphatic carbocycles. The van der Waals surface area contributed by atoms with Crippen LogP contribution in [0.15, 0.2) is 17.5 Å². The van der Waals surface area contributed by atoms with E-state index in [0.29, 0.717) is 5.82 Å². The van der Waals surface area contributed by atoms with Crippen molar-refractivity contribution < 1.29 is 9.90 Å². The second-order valence-electron chi connectivity index (χ2n) is 2.79. The number of nitrogens with one attached hydrogen (secondary N) is 1. The molecule has 2 rings (SSSR count). The van der Waals surface area contributed by atoms with Gasteiger partial charge >= 0.3 is 0 Å².